The zero-order valence-corrected chi connectivity index (χ0v) is 15.8. The van der Waals surface area contributed by atoms with E-state index in [1.165, 1.54) is 5.56 Å². The van der Waals surface area contributed by atoms with Gasteiger partial charge in [0.05, 0.1) is 18.7 Å². The molecule has 1 aliphatic rings. The van der Waals surface area contributed by atoms with Gasteiger partial charge in [-0.3, -0.25) is 0 Å². The van der Waals surface area contributed by atoms with Gasteiger partial charge in [0.25, 0.3) is 0 Å². The molecule has 0 spiro atoms. The predicted octanol–water partition coefficient (Wildman–Crippen LogP) is 4.33. The second kappa shape index (κ2) is 7.97. The van der Waals surface area contributed by atoms with Crippen LogP contribution in [0.2, 0.25) is 0 Å². The average molecular weight is 362 g/mol. The summed E-state index contributed by atoms with van der Waals surface area (Å²) in [6, 6.07) is 18.3. The number of aryl methyl sites for hydroxylation is 1. The van der Waals surface area contributed by atoms with Crippen LogP contribution >= 0.6 is 0 Å². The number of fused-ring (bicyclic) bond motifs is 1. The maximum atomic E-state index is 9.87. The van der Waals surface area contributed by atoms with Crippen molar-refractivity contribution in [3.05, 3.63) is 65.7 Å². The molecule has 4 rings (SSSR count). The minimum Gasteiger partial charge on any atom is -0.493 e. The molecule has 0 bridgehead atoms. The molecule has 140 valence electrons. The monoisotopic (exact) mass is 362 g/mol. The van der Waals surface area contributed by atoms with E-state index in [9.17, 15) is 5.11 Å². The number of piperidine rings is 1. The summed E-state index contributed by atoms with van der Waals surface area (Å²) >= 11 is 0. The lowest BCUT2D eigenvalue weighted by atomic mass is 9.98. The summed E-state index contributed by atoms with van der Waals surface area (Å²) in [5.74, 6) is 2.34. The molecule has 3 aromatic rings. The first kappa shape index (κ1) is 17.8. The molecule has 4 nitrogen and oxygen atoms in total. The normalized spacial score (nSPS) is 17.3. The molecule has 1 saturated heterocycles. The third-order valence-corrected chi connectivity index (χ3v) is 5.34. The average Bonchev–Trinajstić information content (AvgIpc) is 2.72. The fourth-order valence-electron chi connectivity index (χ4n) is 3.86. The van der Waals surface area contributed by atoms with Gasteiger partial charge in [-0.05, 0) is 43.5 Å². The Hall–Kier alpha value is -2.59. The van der Waals surface area contributed by atoms with E-state index in [2.05, 4.69) is 24.0 Å². The van der Waals surface area contributed by atoms with Crippen LogP contribution in [0.5, 0.6) is 5.75 Å². The summed E-state index contributed by atoms with van der Waals surface area (Å²) in [6.07, 6.45) is 2.27. The second-order valence-electron chi connectivity index (χ2n) is 7.35. The van der Waals surface area contributed by atoms with Crippen molar-refractivity contribution in [2.45, 2.75) is 26.4 Å². The van der Waals surface area contributed by atoms with Crippen molar-refractivity contribution in [2.75, 3.05) is 24.6 Å². The van der Waals surface area contributed by atoms with Gasteiger partial charge in [0.2, 0.25) is 0 Å². The summed E-state index contributed by atoms with van der Waals surface area (Å²) < 4.78 is 6.09. The minimum absolute atomic E-state index is 0.00798. The van der Waals surface area contributed by atoms with E-state index in [1.54, 1.807) is 0 Å². The number of rotatable bonds is 5. The number of hydrogen-bond donors (Lipinski definition) is 1. The first-order chi connectivity index (χ1) is 13.2. The molecule has 1 aromatic heterocycles. The highest BCUT2D eigenvalue weighted by molar-refractivity contribution is 5.81. The van der Waals surface area contributed by atoms with Gasteiger partial charge in [0.15, 0.2) is 0 Å². The van der Waals surface area contributed by atoms with Gasteiger partial charge < -0.3 is 14.7 Å². The molecular weight excluding hydrogens is 336 g/mol. The number of hydrogen-bond acceptors (Lipinski definition) is 4. The zero-order chi connectivity index (χ0) is 18.6. The van der Waals surface area contributed by atoms with Crippen LogP contribution < -0.4 is 9.64 Å². The van der Waals surface area contributed by atoms with Crippen molar-refractivity contribution in [3.8, 4) is 5.75 Å². The number of benzene rings is 2. The highest BCUT2D eigenvalue weighted by Crippen LogP contribution is 2.28. The van der Waals surface area contributed by atoms with E-state index >= 15 is 0 Å². The van der Waals surface area contributed by atoms with E-state index < -0.39 is 0 Å². The Bertz CT molecular complexity index is 925. The SMILES string of the molecule is Cc1ccccc1OC[C@H]1CCCN(c2nc3ccccc3cc2CO)C1. The Morgan fingerprint density at radius 1 is 1.15 bits per heavy atom. The molecule has 1 N–H and O–H groups in total. The topological polar surface area (TPSA) is 45.6 Å². The minimum atomic E-state index is 0.00798. The molecule has 1 fully saturated rings. The fourth-order valence-corrected chi connectivity index (χ4v) is 3.86. The van der Waals surface area contributed by atoms with Crippen molar-refractivity contribution < 1.29 is 9.84 Å². The van der Waals surface area contributed by atoms with E-state index in [4.69, 9.17) is 9.72 Å². The van der Waals surface area contributed by atoms with Gasteiger partial charge >= 0.3 is 0 Å². The fraction of sp³-hybridized carbons (Fsp3) is 0.348. The van der Waals surface area contributed by atoms with Crippen LogP contribution in [0.4, 0.5) is 5.82 Å². The largest absolute Gasteiger partial charge is 0.493 e. The first-order valence-electron chi connectivity index (χ1n) is 9.67. The molecular formula is C23H26N2O2. The number of ether oxygens (including phenoxy) is 1. The van der Waals surface area contributed by atoms with Crippen LogP contribution in [-0.2, 0) is 6.61 Å². The lowest BCUT2D eigenvalue weighted by Crippen LogP contribution is -2.38. The summed E-state index contributed by atoms with van der Waals surface area (Å²) in [6.45, 7) is 4.68. The Morgan fingerprint density at radius 3 is 2.81 bits per heavy atom. The highest BCUT2D eigenvalue weighted by atomic mass is 16.5. The number of aliphatic hydroxyl groups excluding tert-OH is 1. The maximum Gasteiger partial charge on any atom is 0.134 e. The second-order valence-corrected chi connectivity index (χ2v) is 7.35. The quantitative estimate of drug-likeness (QED) is 0.734. The van der Waals surface area contributed by atoms with E-state index in [0.717, 1.165) is 54.0 Å². The van der Waals surface area contributed by atoms with Crippen molar-refractivity contribution in [1.82, 2.24) is 4.98 Å². The summed E-state index contributed by atoms with van der Waals surface area (Å²) in [5, 5.41) is 10.9. The van der Waals surface area contributed by atoms with E-state index in [1.807, 2.05) is 42.5 Å². The summed E-state index contributed by atoms with van der Waals surface area (Å²) in [7, 11) is 0. The zero-order valence-electron chi connectivity index (χ0n) is 15.8. The predicted molar refractivity (Wildman–Crippen MR) is 109 cm³/mol. The molecule has 2 heterocycles. The Morgan fingerprint density at radius 2 is 1.96 bits per heavy atom. The van der Waals surface area contributed by atoms with E-state index in [-0.39, 0.29) is 6.61 Å². The van der Waals surface area contributed by atoms with Gasteiger partial charge in [-0.1, -0.05) is 36.4 Å². The molecule has 0 saturated carbocycles. The molecule has 1 aliphatic heterocycles. The Labute approximate surface area is 160 Å². The number of aliphatic hydroxyl groups is 1. The lowest BCUT2D eigenvalue weighted by molar-refractivity contribution is 0.227. The Balaban J connectivity index is 1.51. The van der Waals surface area contributed by atoms with Crippen LogP contribution in [0, 0.1) is 12.8 Å². The molecule has 0 aliphatic carbocycles. The third-order valence-electron chi connectivity index (χ3n) is 5.34. The van der Waals surface area contributed by atoms with E-state index in [0.29, 0.717) is 12.5 Å². The van der Waals surface area contributed by atoms with Gasteiger partial charge in [0, 0.05) is 30.0 Å². The number of anilines is 1. The number of pyridine rings is 1. The molecule has 2 aromatic carbocycles. The third kappa shape index (κ3) is 3.91. The highest BCUT2D eigenvalue weighted by Gasteiger charge is 2.23. The molecule has 0 radical (unpaired) electrons. The summed E-state index contributed by atoms with van der Waals surface area (Å²) in [4.78, 5) is 7.17. The molecule has 0 amide bonds. The van der Waals surface area contributed by atoms with Gasteiger partial charge in [-0.15, -0.1) is 0 Å². The van der Waals surface area contributed by atoms with Gasteiger partial charge in [-0.2, -0.15) is 0 Å². The molecule has 1 atom stereocenters. The van der Waals surface area contributed by atoms with Gasteiger partial charge in [0.1, 0.15) is 11.6 Å². The molecule has 27 heavy (non-hydrogen) atoms. The van der Waals surface area contributed by atoms with Crippen molar-refractivity contribution in [3.63, 3.8) is 0 Å². The van der Waals surface area contributed by atoms with Crippen LogP contribution in [0.25, 0.3) is 10.9 Å². The van der Waals surface area contributed by atoms with Crippen LogP contribution in [0.3, 0.4) is 0 Å². The number of para-hydroxylation sites is 2. The van der Waals surface area contributed by atoms with Gasteiger partial charge in [-0.25, -0.2) is 4.98 Å². The number of aromatic nitrogens is 1. The lowest BCUT2D eigenvalue weighted by Gasteiger charge is -2.34. The number of nitrogens with zero attached hydrogens (tertiary/aromatic N) is 2. The first-order valence-corrected chi connectivity index (χ1v) is 9.67. The molecule has 0 unspecified atom stereocenters. The van der Waals surface area contributed by atoms with Crippen molar-refractivity contribution in [2.24, 2.45) is 5.92 Å². The molecule has 4 heteroatoms. The van der Waals surface area contributed by atoms with Crippen LogP contribution in [0.15, 0.2) is 54.6 Å². The Kier molecular flexibility index (Phi) is 5.26. The summed E-state index contributed by atoms with van der Waals surface area (Å²) in [5.41, 5.74) is 3.04. The maximum absolute atomic E-state index is 9.87. The van der Waals surface area contributed by atoms with Crippen LogP contribution in [-0.4, -0.2) is 29.8 Å². The standard InChI is InChI=1S/C23H26N2O2/c1-17-7-2-5-11-22(17)27-16-18-8-6-12-25(14-18)23-20(15-26)13-19-9-3-4-10-21(19)24-23/h2-5,7,9-11,13,18,26H,6,8,12,14-16H2,1H3/t18-/m0/s1. The van der Waals surface area contributed by atoms with Crippen molar-refractivity contribution >= 4 is 16.7 Å². The smallest absolute Gasteiger partial charge is 0.134 e. The van der Waals surface area contributed by atoms with Crippen LogP contribution in [0.1, 0.15) is 24.0 Å². The van der Waals surface area contributed by atoms with Crippen molar-refractivity contribution in [1.29, 1.82) is 0 Å².